The van der Waals surface area contributed by atoms with Crippen LogP contribution < -0.4 is 10.6 Å². The number of halogens is 1. The molecule has 2 fully saturated rings. The van der Waals surface area contributed by atoms with E-state index < -0.39 is 10.0 Å². The molecular formula is C18H37IN6O4S. The van der Waals surface area contributed by atoms with Crippen LogP contribution in [0.25, 0.3) is 0 Å². The van der Waals surface area contributed by atoms with Crippen LogP contribution in [0.2, 0.25) is 0 Å². The lowest BCUT2D eigenvalue weighted by molar-refractivity contribution is -0.122. The normalized spacial score (nSPS) is 20.0. The highest BCUT2D eigenvalue weighted by Gasteiger charge is 2.26. The predicted octanol–water partition coefficient (Wildman–Crippen LogP) is -0.768. The van der Waals surface area contributed by atoms with Crippen LogP contribution in [-0.4, -0.2) is 120 Å². The molecule has 0 unspecified atom stereocenters. The molecule has 2 aliphatic heterocycles. The Kier molecular flexibility index (Phi) is 12.4. The maximum Gasteiger partial charge on any atom is 0.234 e. The van der Waals surface area contributed by atoms with E-state index in [1.54, 1.807) is 18.5 Å². The molecule has 2 N–H and O–H groups in total. The smallest absolute Gasteiger partial charge is 0.234 e. The van der Waals surface area contributed by atoms with E-state index in [9.17, 15) is 13.2 Å². The Morgan fingerprint density at radius 3 is 2.27 bits per heavy atom. The Bertz CT molecular complexity index is 647. The summed E-state index contributed by atoms with van der Waals surface area (Å²) >= 11 is 0. The van der Waals surface area contributed by atoms with E-state index in [0.29, 0.717) is 38.7 Å². The van der Waals surface area contributed by atoms with Gasteiger partial charge in [0.25, 0.3) is 0 Å². The van der Waals surface area contributed by atoms with E-state index in [4.69, 9.17) is 4.74 Å². The van der Waals surface area contributed by atoms with Crippen molar-refractivity contribution in [1.29, 1.82) is 0 Å². The van der Waals surface area contributed by atoms with Gasteiger partial charge in [0.15, 0.2) is 5.96 Å². The molecule has 0 aromatic heterocycles. The molecule has 176 valence electrons. The maximum absolute atomic E-state index is 11.9. The molecule has 2 heterocycles. The minimum atomic E-state index is -3.08. The summed E-state index contributed by atoms with van der Waals surface area (Å²) in [5.41, 5.74) is 0. The van der Waals surface area contributed by atoms with Gasteiger partial charge in [0.2, 0.25) is 15.9 Å². The summed E-state index contributed by atoms with van der Waals surface area (Å²) in [5, 5.41) is 6.30. The Hall–Kier alpha value is -0.700. The van der Waals surface area contributed by atoms with Crippen LogP contribution in [0.3, 0.4) is 0 Å². The SMILES string of the molecule is CN=C(NCC1CCN(S(C)(=O)=O)CC1)N1CCN(CC(=O)NCCOC)CC1.I. The van der Waals surface area contributed by atoms with Gasteiger partial charge in [-0.05, 0) is 18.8 Å². The Morgan fingerprint density at radius 1 is 1.10 bits per heavy atom. The summed E-state index contributed by atoms with van der Waals surface area (Å²) in [4.78, 5) is 20.7. The van der Waals surface area contributed by atoms with Crippen molar-refractivity contribution in [2.24, 2.45) is 10.9 Å². The number of piperidine rings is 1. The zero-order valence-corrected chi connectivity index (χ0v) is 21.4. The molecule has 2 aliphatic rings. The van der Waals surface area contributed by atoms with Crippen LogP contribution in [0.4, 0.5) is 0 Å². The van der Waals surface area contributed by atoms with Gasteiger partial charge in [-0.25, -0.2) is 12.7 Å². The van der Waals surface area contributed by atoms with Crippen molar-refractivity contribution in [3.05, 3.63) is 0 Å². The number of amides is 1. The number of aliphatic imine (C=N–C) groups is 1. The molecule has 0 spiro atoms. The number of carbonyl (C=O) groups is 1. The van der Waals surface area contributed by atoms with Crippen LogP contribution in [0.5, 0.6) is 0 Å². The number of carbonyl (C=O) groups excluding carboxylic acids is 1. The van der Waals surface area contributed by atoms with Crippen molar-refractivity contribution >= 4 is 45.9 Å². The van der Waals surface area contributed by atoms with E-state index in [2.05, 4.69) is 25.4 Å². The molecule has 0 bridgehead atoms. The lowest BCUT2D eigenvalue weighted by atomic mass is 9.98. The molecule has 0 saturated carbocycles. The van der Waals surface area contributed by atoms with Gasteiger partial charge in [-0.2, -0.15) is 0 Å². The first-order chi connectivity index (χ1) is 13.8. The number of sulfonamides is 1. The number of methoxy groups -OCH3 is 1. The zero-order chi connectivity index (χ0) is 21.3. The minimum absolute atomic E-state index is 0. The molecule has 0 atom stereocenters. The number of hydrogen-bond acceptors (Lipinski definition) is 6. The number of piperazine rings is 1. The minimum Gasteiger partial charge on any atom is -0.383 e. The molecule has 10 nitrogen and oxygen atoms in total. The highest BCUT2D eigenvalue weighted by Crippen LogP contribution is 2.18. The van der Waals surface area contributed by atoms with E-state index >= 15 is 0 Å². The third kappa shape index (κ3) is 9.20. The van der Waals surface area contributed by atoms with Gasteiger partial charge in [0.05, 0.1) is 19.4 Å². The highest BCUT2D eigenvalue weighted by molar-refractivity contribution is 14.0. The molecule has 0 aliphatic carbocycles. The third-order valence-electron chi connectivity index (χ3n) is 5.47. The van der Waals surface area contributed by atoms with Crippen molar-refractivity contribution in [3.8, 4) is 0 Å². The Labute approximate surface area is 197 Å². The second-order valence-corrected chi connectivity index (χ2v) is 9.62. The maximum atomic E-state index is 11.9. The van der Waals surface area contributed by atoms with Crippen molar-refractivity contribution < 1.29 is 17.9 Å². The van der Waals surface area contributed by atoms with Gasteiger partial charge in [-0.15, -0.1) is 24.0 Å². The van der Waals surface area contributed by atoms with Crippen molar-refractivity contribution in [1.82, 2.24) is 24.7 Å². The van der Waals surface area contributed by atoms with Crippen molar-refractivity contribution in [2.75, 3.05) is 85.9 Å². The van der Waals surface area contributed by atoms with E-state index in [1.807, 2.05) is 0 Å². The van der Waals surface area contributed by atoms with E-state index in [-0.39, 0.29) is 29.9 Å². The quantitative estimate of drug-likeness (QED) is 0.174. The number of rotatable bonds is 8. The first-order valence-electron chi connectivity index (χ1n) is 10.2. The van der Waals surface area contributed by atoms with Crippen LogP contribution in [0.15, 0.2) is 4.99 Å². The first-order valence-corrected chi connectivity index (χ1v) is 12.1. The number of ether oxygens (including phenoxy) is 1. The fourth-order valence-corrected chi connectivity index (χ4v) is 4.56. The fourth-order valence-electron chi connectivity index (χ4n) is 3.68. The first kappa shape index (κ1) is 27.3. The van der Waals surface area contributed by atoms with E-state index in [0.717, 1.165) is 51.5 Å². The summed E-state index contributed by atoms with van der Waals surface area (Å²) in [6.45, 7) is 6.70. The summed E-state index contributed by atoms with van der Waals surface area (Å²) in [5.74, 6) is 1.35. The summed E-state index contributed by atoms with van der Waals surface area (Å²) in [6.07, 6.45) is 3.00. The molecule has 0 aromatic rings. The number of hydrogen-bond donors (Lipinski definition) is 2. The van der Waals surface area contributed by atoms with Gasteiger partial charge < -0.3 is 20.3 Å². The van der Waals surface area contributed by atoms with Gasteiger partial charge in [0, 0.05) is 66.5 Å². The van der Waals surface area contributed by atoms with Gasteiger partial charge in [0.1, 0.15) is 0 Å². The van der Waals surface area contributed by atoms with Gasteiger partial charge in [-0.3, -0.25) is 14.7 Å². The number of nitrogens with one attached hydrogen (secondary N) is 2. The van der Waals surface area contributed by atoms with Gasteiger partial charge >= 0.3 is 0 Å². The molecule has 2 saturated heterocycles. The molecule has 2 rings (SSSR count). The summed E-state index contributed by atoms with van der Waals surface area (Å²) in [7, 11) is 0.316. The number of nitrogens with zero attached hydrogens (tertiary/aromatic N) is 4. The average molecular weight is 561 g/mol. The topological polar surface area (TPSA) is 107 Å². The lowest BCUT2D eigenvalue weighted by Crippen LogP contribution is -2.54. The monoisotopic (exact) mass is 560 g/mol. The van der Waals surface area contributed by atoms with Crippen molar-refractivity contribution in [3.63, 3.8) is 0 Å². The van der Waals surface area contributed by atoms with E-state index in [1.165, 1.54) is 6.26 Å². The molecule has 0 aromatic carbocycles. The Balaban J connectivity index is 0.00000450. The summed E-state index contributed by atoms with van der Waals surface area (Å²) in [6, 6.07) is 0. The van der Waals surface area contributed by atoms with Crippen LogP contribution in [0, 0.1) is 5.92 Å². The summed E-state index contributed by atoms with van der Waals surface area (Å²) < 4.78 is 29.7. The lowest BCUT2D eigenvalue weighted by Gasteiger charge is -2.37. The second kappa shape index (κ2) is 13.7. The fraction of sp³-hybridized carbons (Fsp3) is 0.889. The molecular weight excluding hydrogens is 523 g/mol. The standard InChI is InChI=1S/C18H36N6O4S.HI/c1-19-18(21-14-16-4-7-24(8-5-16)29(3,26)27)23-11-9-22(10-12-23)15-17(25)20-6-13-28-2;/h16H,4-15H2,1-3H3,(H,19,21)(H,20,25);1H. The zero-order valence-electron chi connectivity index (χ0n) is 18.3. The predicted molar refractivity (Wildman–Crippen MR) is 129 cm³/mol. The average Bonchev–Trinajstić information content (AvgIpc) is 2.69. The van der Waals surface area contributed by atoms with Crippen LogP contribution in [-0.2, 0) is 19.6 Å². The van der Waals surface area contributed by atoms with Crippen molar-refractivity contribution in [2.45, 2.75) is 12.8 Å². The molecule has 12 heteroatoms. The molecule has 30 heavy (non-hydrogen) atoms. The molecule has 1 amide bonds. The number of guanidine groups is 1. The second-order valence-electron chi connectivity index (χ2n) is 7.64. The van der Waals surface area contributed by atoms with Gasteiger partial charge in [-0.1, -0.05) is 0 Å². The van der Waals surface area contributed by atoms with Crippen LogP contribution >= 0.6 is 24.0 Å². The largest absolute Gasteiger partial charge is 0.383 e. The Morgan fingerprint density at radius 2 is 1.73 bits per heavy atom. The third-order valence-corrected chi connectivity index (χ3v) is 6.77. The van der Waals surface area contributed by atoms with Crippen LogP contribution in [0.1, 0.15) is 12.8 Å². The molecule has 0 radical (unpaired) electrons. The highest BCUT2D eigenvalue weighted by atomic mass is 127.